The molecule has 0 aliphatic heterocycles. The zero-order valence-corrected chi connectivity index (χ0v) is 12.3. The van der Waals surface area contributed by atoms with Crippen LogP contribution in [-0.4, -0.2) is 46.5 Å². The number of aromatic nitrogens is 2. The predicted octanol–water partition coefficient (Wildman–Crippen LogP) is 1.01. The van der Waals surface area contributed by atoms with E-state index in [4.69, 9.17) is 9.84 Å². The number of aryl methyl sites for hydroxylation is 1. The van der Waals surface area contributed by atoms with Gasteiger partial charge in [-0.05, 0) is 37.3 Å². The molecule has 0 aliphatic carbocycles. The second kappa shape index (κ2) is 6.86. The summed E-state index contributed by atoms with van der Waals surface area (Å²) in [4.78, 5) is 22.8. The van der Waals surface area contributed by atoms with Crippen molar-refractivity contribution in [2.45, 2.75) is 13.0 Å². The van der Waals surface area contributed by atoms with Gasteiger partial charge in [-0.15, -0.1) is 0 Å². The highest BCUT2D eigenvalue weighted by atomic mass is 16.5. The first-order chi connectivity index (χ1) is 10.5. The van der Waals surface area contributed by atoms with Crippen molar-refractivity contribution in [2.24, 2.45) is 0 Å². The molecular formula is C15H17N3O4. The third kappa shape index (κ3) is 3.50. The number of rotatable bonds is 6. The lowest BCUT2D eigenvalue weighted by Gasteiger charge is -2.12. The van der Waals surface area contributed by atoms with Crippen molar-refractivity contribution < 1.29 is 19.4 Å². The first-order valence-electron chi connectivity index (χ1n) is 6.68. The van der Waals surface area contributed by atoms with Crippen LogP contribution in [-0.2, 0) is 9.53 Å². The molecule has 1 aromatic heterocycles. The summed E-state index contributed by atoms with van der Waals surface area (Å²) >= 11 is 0. The number of carbonyl (C=O) groups excluding carboxylic acids is 1. The highest BCUT2D eigenvalue weighted by Gasteiger charge is 2.17. The Kier molecular flexibility index (Phi) is 4.90. The molecule has 7 heteroatoms. The van der Waals surface area contributed by atoms with Gasteiger partial charge in [-0.3, -0.25) is 4.79 Å². The molecule has 1 amide bonds. The topological polar surface area (TPSA) is 93.5 Å². The van der Waals surface area contributed by atoms with Gasteiger partial charge in [0.15, 0.2) is 6.10 Å². The maximum absolute atomic E-state index is 12.0. The second-order valence-electron chi connectivity index (χ2n) is 4.70. The van der Waals surface area contributed by atoms with E-state index in [0.29, 0.717) is 5.56 Å². The number of ether oxygens (including phenoxy) is 1. The van der Waals surface area contributed by atoms with Crippen LogP contribution in [0.2, 0.25) is 0 Å². The van der Waals surface area contributed by atoms with Gasteiger partial charge in [0.05, 0.1) is 12.2 Å². The molecule has 1 unspecified atom stereocenters. The summed E-state index contributed by atoms with van der Waals surface area (Å²) in [7, 11) is 1.28. The average molecular weight is 303 g/mol. The maximum atomic E-state index is 12.0. The Hall–Kier alpha value is -2.67. The van der Waals surface area contributed by atoms with E-state index in [2.05, 4.69) is 10.4 Å². The number of carboxylic acids is 1. The molecule has 2 N–H and O–H groups in total. The Balaban J connectivity index is 2.03. The number of aliphatic carboxylic acids is 1. The van der Waals surface area contributed by atoms with Gasteiger partial charge in [0, 0.05) is 24.6 Å². The number of hydrogen-bond acceptors (Lipinski definition) is 4. The number of carbonyl (C=O) groups is 2. The van der Waals surface area contributed by atoms with Gasteiger partial charge in [0.1, 0.15) is 0 Å². The molecule has 0 fully saturated rings. The van der Waals surface area contributed by atoms with Crippen LogP contribution in [0.5, 0.6) is 0 Å². The fourth-order valence-electron chi connectivity index (χ4n) is 1.95. The van der Waals surface area contributed by atoms with E-state index in [1.807, 2.05) is 13.0 Å². The van der Waals surface area contributed by atoms with Crippen molar-refractivity contribution in [3.8, 4) is 5.69 Å². The number of nitrogens with one attached hydrogen (secondary N) is 1. The lowest BCUT2D eigenvalue weighted by molar-refractivity contribution is -0.148. The molecule has 1 aromatic carbocycles. The molecule has 2 rings (SSSR count). The lowest BCUT2D eigenvalue weighted by Crippen LogP contribution is -2.37. The standard InChI is InChI=1S/C15H17N3O4/c1-10-7-8-17-18(10)12-5-3-11(4-6-12)14(19)16-9-13(22-2)15(20)21/h3-8,13H,9H2,1-2H3,(H,16,19)(H,20,21). The highest BCUT2D eigenvalue weighted by Crippen LogP contribution is 2.11. The van der Waals surface area contributed by atoms with Crippen LogP contribution in [0.3, 0.4) is 0 Å². The summed E-state index contributed by atoms with van der Waals surface area (Å²) in [6.07, 6.45) is 0.641. The molecule has 1 atom stereocenters. The van der Waals surface area contributed by atoms with Gasteiger partial charge in [-0.1, -0.05) is 0 Å². The number of nitrogens with zero attached hydrogens (tertiary/aromatic N) is 2. The predicted molar refractivity (Wildman–Crippen MR) is 79.1 cm³/mol. The monoisotopic (exact) mass is 303 g/mol. The van der Waals surface area contributed by atoms with E-state index in [1.54, 1.807) is 35.1 Å². The van der Waals surface area contributed by atoms with E-state index >= 15 is 0 Å². The van der Waals surface area contributed by atoms with Crippen molar-refractivity contribution in [3.05, 3.63) is 47.8 Å². The van der Waals surface area contributed by atoms with Crippen molar-refractivity contribution in [1.29, 1.82) is 0 Å². The van der Waals surface area contributed by atoms with Crippen LogP contribution in [0, 0.1) is 6.92 Å². The summed E-state index contributed by atoms with van der Waals surface area (Å²) < 4.78 is 6.51. The Morgan fingerprint density at radius 3 is 2.50 bits per heavy atom. The zero-order chi connectivity index (χ0) is 16.1. The lowest BCUT2D eigenvalue weighted by atomic mass is 10.2. The Bertz CT molecular complexity index is 664. The molecular weight excluding hydrogens is 286 g/mol. The maximum Gasteiger partial charge on any atom is 0.334 e. The molecule has 0 saturated carbocycles. The summed E-state index contributed by atoms with van der Waals surface area (Å²) in [5.74, 6) is -1.47. The first-order valence-corrected chi connectivity index (χ1v) is 6.68. The smallest absolute Gasteiger partial charge is 0.334 e. The minimum absolute atomic E-state index is 0.0926. The van der Waals surface area contributed by atoms with Crippen LogP contribution in [0.4, 0.5) is 0 Å². The number of carboxylic acid groups (broad SMARTS) is 1. The fourth-order valence-corrected chi connectivity index (χ4v) is 1.95. The normalized spacial score (nSPS) is 11.9. The van der Waals surface area contributed by atoms with Gasteiger partial charge in [0.25, 0.3) is 5.91 Å². The number of methoxy groups -OCH3 is 1. The van der Waals surface area contributed by atoms with Crippen molar-refractivity contribution in [2.75, 3.05) is 13.7 Å². The van der Waals surface area contributed by atoms with E-state index < -0.39 is 12.1 Å². The molecule has 116 valence electrons. The van der Waals surface area contributed by atoms with Gasteiger partial charge >= 0.3 is 5.97 Å². The molecule has 22 heavy (non-hydrogen) atoms. The summed E-state index contributed by atoms with van der Waals surface area (Å²) in [6.45, 7) is 1.84. The zero-order valence-electron chi connectivity index (χ0n) is 12.3. The van der Waals surface area contributed by atoms with Crippen LogP contribution >= 0.6 is 0 Å². The van der Waals surface area contributed by atoms with Crippen LogP contribution in [0.1, 0.15) is 16.1 Å². The highest BCUT2D eigenvalue weighted by molar-refractivity contribution is 5.94. The molecule has 1 heterocycles. The van der Waals surface area contributed by atoms with Crippen molar-refractivity contribution in [1.82, 2.24) is 15.1 Å². The molecule has 0 spiro atoms. The Labute approximate surface area is 127 Å². The fraction of sp³-hybridized carbons (Fsp3) is 0.267. The summed E-state index contributed by atoms with van der Waals surface area (Å²) in [5, 5.41) is 15.6. The molecule has 2 aromatic rings. The molecule has 0 radical (unpaired) electrons. The Morgan fingerprint density at radius 2 is 2.00 bits per heavy atom. The van der Waals surface area contributed by atoms with Gasteiger partial charge in [-0.2, -0.15) is 5.10 Å². The van der Waals surface area contributed by atoms with E-state index in [1.165, 1.54) is 7.11 Å². The SMILES string of the molecule is COC(CNC(=O)c1ccc(-n2nccc2C)cc1)C(=O)O. The number of benzene rings is 1. The summed E-state index contributed by atoms with van der Waals surface area (Å²) in [5.41, 5.74) is 2.27. The third-order valence-electron chi connectivity index (χ3n) is 3.21. The largest absolute Gasteiger partial charge is 0.479 e. The molecule has 7 nitrogen and oxygen atoms in total. The van der Waals surface area contributed by atoms with Crippen LogP contribution in [0.25, 0.3) is 5.69 Å². The molecule has 0 bridgehead atoms. The van der Waals surface area contributed by atoms with E-state index in [9.17, 15) is 9.59 Å². The molecule has 0 aliphatic rings. The quantitative estimate of drug-likeness (QED) is 0.830. The Morgan fingerprint density at radius 1 is 1.32 bits per heavy atom. The van der Waals surface area contributed by atoms with Crippen LogP contribution in [0.15, 0.2) is 36.5 Å². The van der Waals surface area contributed by atoms with Crippen LogP contribution < -0.4 is 5.32 Å². The number of amides is 1. The minimum Gasteiger partial charge on any atom is -0.479 e. The molecule has 0 saturated heterocycles. The second-order valence-corrected chi connectivity index (χ2v) is 4.70. The third-order valence-corrected chi connectivity index (χ3v) is 3.21. The van der Waals surface area contributed by atoms with Crippen molar-refractivity contribution >= 4 is 11.9 Å². The van der Waals surface area contributed by atoms with Gasteiger partial charge < -0.3 is 15.2 Å². The van der Waals surface area contributed by atoms with Crippen molar-refractivity contribution in [3.63, 3.8) is 0 Å². The van der Waals surface area contributed by atoms with Gasteiger partial charge in [0.2, 0.25) is 0 Å². The number of hydrogen-bond donors (Lipinski definition) is 2. The minimum atomic E-state index is -1.12. The van der Waals surface area contributed by atoms with E-state index in [0.717, 1.165) is 11.4 Å². The summed E-state index contributed by atoms with van der Waals surface area (Å²) in [6, 6.07) is 8.76. The first kappa shape index (κ1) is 15.7. The average Bonchev–Trinajstić information content (AvgIpc) is 2.93. The van der Waals surface area contributed by atoms with Gasteiger partial charge in [-0.25, -0.2) is 9.48 Å². The van der Waals surface area contributed by atoms with E-state index in [-0.39, 0.29) is 12.5 Å².